The number of hydrogen-bond donors (Lipinski definition) is 0. The maximum absolute atomic E-state index is 12.3. The largest absolute Gasteiger partial charge is 0.523 e. The zero-order valence-electron chi connectivity index (χ0n) is 16.8. The zero-order chi connectivity index (χ0) is 21.7. The van der Waals surface area contributed by atoms with E-state index < -0.39 is 18.4 Å². The predicted molar refractivity (Wildman–Crippen MR) is 108 cm³/mol. The van der Waals surface area contributed by atoms with Crippen molar-refractivity contribution in [3.05, 3.63) is 77.9 Å². The number of esters is 1. The minimum Gasteiger partial charge on any atom is -0.423 e. The number of alkyl halides is 3. The van der Waals surface area contributed by atoms with Gasteiger partial charge in [0.25, 0.3) is 0 Å². The maximum atomic E-state index is 12.3. The second-order valence-corrected chi connectivity index (χ2v) is 7.63. The monoisotopic (exact) mass is 418 g/mol. The summed E-state index contributed by atoms with van der Waals surface area (Å²) in [5.74, 6) is 0.988. The van der Waals surface area contributed by atoms with Crippen molar-refractivity contribution in [1.29, 1.82) is 0 Å². The Kier molecular flexibility index (Phi) is 6.98. The molecule has 1 aliphatic rings. The third-order valence-corrected chi connectivity index (χ3v) is 5.59. The molecular formula is C24H25F3O3. The van der Waals surface area contributed by atoms with E-state index in [4.69, 9.17) is 4.74 Å². The highest BCUT2D eigenvalue weighted by atomic mass is 19.4. The van der Waals surface area contributed by atoms with E-state index in [1.807, 2.05) is 18.2 Å². The van der Waals surface area contributed by atoms with Crippen LogP contribution in [0.2, 0.25) is 0 Å². The van der Waals surface area contributed by atoms with Gasteiger partial charge in [-0.1, -0.05) is 30.3 Å². The molecule has 0 heterocycles. The van der Waals surface area contributed by atoms with Gasteiger partial charge in [0.05, 0.1) is 11.7 Å². The van der Waals surface area contributed by atoms with Gasteiger partial charge in [0.1, 0.15) is 5.75 Å². The smallest absolute Gasteiger partial charge is 0.423 e. The lowest BCUT2D eigenvalue weighted by molar-refractivity contribution is -0.342. The average Bonchev–Trinajstić information content (AvgIpc) is 2.73. The molecule has 30 heavy (non-hydrogen) atoms. The Morgan fingerprint density at radius 1 is 1.03 bits per heavy atom. The van der Waals surface area contributed by atoms with Crippen LogP contribution in [0, 0.1) is 5.92 Å². The highest BCUT2D eigenvalue weighted by Gasteiger charge is 2.32. The fourth-order valence-electron chi connectivity index (χ4n) is 3.82. The van der Waals surface area contributed by atoms with Crippen molar-refractivity contribution < 1.29 is 27.4 Å². The van der Waals surface area contributed by atoms with Gasteiger partial charge in [-0.15, -0.1) is 19.8 Å². The summed E-state index contributed by atoms with van der Waals surface area (Å²) in [6.07, 6.45) is 0.700. The van der Waals surface area contributed by atoms with Crippen LogP contribution >= 0.6 is 0 Å². The molecule has 1 unspecified atom stereocenters. The molecule has 0 spiro atoms. The number of allylic oxidation sites excluding steroid dienone is 1. The first kappa shape index (κ1) is 22.1. The minimum absolute atomic E-state index is 0.254. The lowest BCUT2D eigenvalue weighted by Gasteiger charge is -2.26. The molecule has 1 aliphatic carbocycles. The van der Waals surface area contributed by atoms with Gasteiger partial charge in [-0.3, -0.25) is 4.74 Å². The summed E-state index contributed by atoms with van der Waals surface area (Å²) in [6.45, 7) is 5.17. The van der Waals surface area contributed by atoms with Crippen LogP contribution in [0.3, 0.4) is 0 Å². The Morgan fingerprint density at radius 2 is 1.63 bits per heavy atom. The van der Waals surface area contributed by atoms with Crippen LogP contribution in [-0.4, -0.2) is 12.3 Å². The summed E-state index contributed by atoms with van der Waals surface area (Å²) in [5, 5.41) is 0. The van der Waals surface area contributed by atoms with Crippen molar-refractivity contribution >= 4 is 5.97 Å². The molecule has 160 valence electrons. The van der Waals surface area contributed by atoms with E-state index >= 15 is 0 Å². The van der Waals surface area contributed by atoms with Crippen molar-refractivity contribution in [2.45, 2.75) is 51.0 Å². The van der Waals surface area contributed by atoms with Crippen LogP contribution in [-0.2, 0) is 4.74 Å². The van der Waals surface area contributed by atoms with Gasteiger partial charge in [-0.05, 0) is 79.8 Å². The van der Waals surface area contributed by atoms with E-state index in [9.17, 15) is 18.0 Å². The van der Waals surface area contributed by atoms with Crippen LogP contribution < -0.4 is 4.74 Å². The van der Waals surface area contributed by atoms with Gasteiger partial charge < -0.3 is 4.74 Å². The van der Waals surface area contributed by atoms with Gasteiger partial charge in [-0.25, -0.2) is 4.79 Å². The third-order valence-electron chi connectivity index (χ3n) is 5.59. The molecule has 0 N–H and O–H groups in total. The Morgan fingerprint density at radius 3 is 2.17 bits per heavy atom. The van der Waals surface area contributed by atoms with E-state index in [0.717, 1.165) is 25.7 Å². The zero-order valence-corrected chi connectivity index (χ0v) is 16.8. The molecule has 1 saturated carbocycles. The molecule has 0 aliphatic heterocycles. The molecule has 1 atom stereocenters. The maximum Gasteiger partial charge on any atom is 0.523 e. The van der Waals surface area contributed by atoms with E-state index in [1.54, 1.807) is 12.1 Å². The highest BCUT2D eigenvalue weighted by molar-refractivity contribution is 5.91. The molecule has 6 heteroatoms. The van der Waals surface area contributed by atoms with Crippen molar-refractivity contribution in [3.63, 3.8) is 0 Å². The number of carbonyl (C=O) groups excluding carboxylic acids is 1. The lowest BCUT2D eigenvalue weighted by Crippen LogP contribution is -2.16. The van der Waals surface area contributed by atoms with Gasteiger partial charge >= 0.3 is 12.3 Å². The number of halogens is 3. The predicted octanol–water partition coefficient (Wildman–Crippen LogP) is 6.96. The van der Waals surface area contributed by atoms with Gasteiger partial charge in [0.2, 0.25) is 0 Å². The fourth-order valence-corrected chi connectivity index (χ4v) is 3.82. The van der Waals surface area contributed by atoms with E-state index in [1.165, 1.54) is 36.8 Å². The van der Waals surface area contributed by atoms with Crippen LogP contribution in [0.4, 0.5) is 13.2 Å². The Balaban J connectivity index is 1.57. The molecule has 0 bridgehead atoms. The minimum atomic E-state index is -4.71. The Hall–Kier alpha value is -2.60. The molecule has 3 nitrogen and oxygen atoms in total. The molecule has 3 rings (SSSR count). The van der Waals surface area contributed by atoms with Crippen molar-refractivity contribution in [3.8, 4) is 5.75 Å². The third kappa shape index (κ3) is 5.95. The van der Waals surface area contributed by atoms with Crippen LogP contribution in [0.5, 0.6) is 5.75 Å². The fraction of sp³-hybridized carbons (Fsp3) is 0.375. The number of hydrogen-bond acceptors (Lipinski definition) is 3. The van der Waals surface area contributed by atoms with Crippen LogP contribution in [0.15, 0.2) is 61.2 Å². The summed E-state index contributed by atoms with van der Waals surface area (Å²) >= 11 is 0. The number of carbonyl (C=O) groups is 1. The van der Waals surface area contributed by atoms with Crippen molar-refractivity contribution in [2.75, 3.05) is 0 Å². The van der Waals surface area contributed by atoms with Crippen molar-refractivity contribution in [1.82, 2.24) is 0 Å². The Bertz CT molecular complexity index is 849. The highest BCUT2D eigenvalue weighted by Crippen LogP contribution is 2.36. The standard InChI is InChI=1S/C24H25F3O3/c1-3-17-4-6-19(7-5-17)20-12-14-22(15-13-20)29-23(28)21-10-8-18(9-11-21)16(2)30-24(25,26)27/h3,8-17,19H,1,4-7H2,2H3. The second kappa shape index (κ2) is 9.47. The first-order valence-corrected chi connectivity index (χ1v) is 10.0. The van der Waals surface area contributed by atoms with Crippen molar-refractivity contribution in [2.24, 2.45) is 5.92 Å². The van der Waals surface area contributed by atoms with Gasteiger partial charge in [0, 0.05) is 0 Å². The molecule has 0 radical (unpaired) electrons. The molecular weight excluding hydrogens is 393 g/mol. The molecule has 0 saturated heterocycles. The van der Waals surface area contributed by atoms with Gasteiger partial charge in [0.15, 0.2) is 0 Å². The summed E-state index contributed by atoms with van der Waals surface area (Å²) < 4.78 is 46.3. The van der Waals surface area contributed by atoms with Gasteiger partial charge in [-0.2, -0.15) is 0 Å². The number of benzene rings is 2. The topological polar surface area (TPSA) is 35.5 Å². The lowest BCUT2D eigenvalue weighted by atomic mass is 9.79. The number of rotatable bonds is 6. The normalized spacial score (nSPS) is 20.4. The Labute approximate surface area is 174 Å². The number of ether oxygens (including phenoxy) is 2. The molecule has 0 aromatic heterocycles. The first-order valence-electron chi connectivity index (χ1n) is 10.0. The molecule has 2 aromatic carbocycles. The van der Waals surface area contributed by atoms with Crippen LogP contribution in [0.25, 0.3) is 0 Å². The summed E-state index contributed by atoms with van der Waals surface area (Å²) in [6, 6.07) is 13.2. The summed E-state index contributed by atoms with van der Waals surface area (Å²) in [5.41, 5.74) is 1.81. The average molecular weight is 418 g/mol. The molecule has 0 amide bonds. The van der Waals surface area contributed by atoms with Crippen LogP contribution in [0.1, 0.15) is 66.1 Å². The summed E-state index contributed by atoms with van der Waals surface area (Å²) in [7, 11) is 0. The first-order chi connectivity index (χ1) is 14.2. The van der Waals surface area contributed by atoms with E-state index in [0.29, 0.717) is 23.1 Å². The SMILES string of the molecule is C=CC1CCC(c2ccc(OC(=O)c3ccc(C(C)OC(F)(F)F)cc3)cc2)CC1. The summed E-state index contributed by atoms with van der Waals surface area (Å²) in [4.78, 5) is 12.3. The molecule has 1 fully saturated rings. The quantitative estimate of drug-likeness (QED) is 0.289. The van der Waals surface area contributed by atoms with E-state index in [-0.39, 0.29) is 5.56 Å². The second-order valence-electron chi connectivity index (χ2n) is 7.63. The molecule has 2 aromatic rings. The van der Waals surface area contributed by atoms with E-state index in [2.05, 4.69) is 11.3 Å².